The van der Waals surface area contributed by atoms with Crippen LogP contribution < -0.4 is 0 Å². The van der Waals surface area contributed by atoms with Crippen molar-refractivity contribution in [2.45, 2.75) is 37.8 Å². The Kier molecular flexibility index (Phi) is 6.88. The lowest BCUT2D eigenvalue weighted by Gasteiger charge is -2.29. The Bertz CT molecular complexity index is 2410. The largest absolute Gasteiger partial charge is 0.340 e. The van der Waals surface area contributed by atoms with E-state index in [0.717, 1.165) is 39.2 Å². The number of Topliss-reactive ketones (excluding diaryl/α,β-unsaturated/α-hetero) is 4. The second kappa shape index (κ2) is 11.1. The molecule has 0 amide bonds. The molecule has 0 N–H and O–H groups in total. The Balaban J connectivity index is 1.05. The summed E-state index contributed by atoms with van der Waals surface area (Å²) in [4.78, 5) is 69.5. The first-order valence-electron chi connectivity index (χ1n) is 15.9. The number of hydrogen-bond donors (Lipinski definition) is 0. The number of carbonyl (C=O) groups excluding carboxylic acids is 4. The summed E-state index contributed by atoms with van der Waals surface area (Å²) in [6.45, 7) is 14.9. The van der Waals surface area contributed by atoms with Crippen LogP contribution in [0, 0.1) is 71.3 Å². The minimum atomic E-state index is -0.603. The summed E-state index contributed by atoms with van der Waals surface area (Å²) in [5.41, 5.74) is 1.88. The van der Waals surface area contributed by atoms with Crippen LogP contribution in [0.4, 0.5) is 10.0 Å². The Labute approximate surface area is 299 Å². The van der Waals surface area contributed by atoms with Crippen molar-refractivity contribution in [3.8, 4) is 12.1 Å². The van der Waals surface area contributed by atoms with Gasteiger partial charge in [0.15, 0.2) is 34.6 Å². The number of aryl methyl sites for hydroxylation is 1. The number of nitriles is 2. The van der Waals surface area contributed by atoms with Crippen molar-refractivity contribution < 1.29 is 19.2 Å². The highest BCUT2D eigenvalue weighted by Crippen LogP contribution is 2.53. The van der Waals surface area contributed by atoms with E-state index >= 15 is 0 Å². The molecule has 0 saturated heterocycles. The zero-order valence-electron chi connectivity index (χ0n) is 26.0. The average molecular weight is 732 g/mol. The van der Waals surface area contributed by atoms with E-state index in [1.807, 2.05) is 19.2 Å². The molecule has 4 aliphatic carbocycles. The van der Waals surface area contributed by atoms with Crippen LogP contribution in [-0.4, -0.2) is 51.2 Å². The molecule has 5 aromatic rings. The molecule has 0 bridgehead atoms. The second-order valence-corrected chi connectivity index (χ2v) is 17.5. The number of ketones is 4. The highest BCUT2D eigenvalue weighted by Gasteiger charge is 2.57. The van der Waals surface area contributed by atoms with Crippen molar-refractivity contribution in [2.75, 3.05) is 0 Å². The van der Waals surface area contributed by atoms with Gasteiger partial charge in [0.1, 0.15) is 10.0 Å². The molecule has 5 aromatic heterocycles. The molecule has 4 saturated carbocycles. The van der Waals surface area contributed by atoms with Crippen LogP contribution >= 0.6 is 45.3 Å². The SMILES string of the molecule is [C-]#[N+]C1CC2C(=O)C(=Nc3cc4sc5c6sc7cc(N=C8C(=O)C9CC(C#N)C(C#N)CC9C8=O)sc7c6n(C)c5c4s3)C(=O)C2CC1[N+]#[C-]. The Morgan fingerprint density at radius 1 is 0.660 bits per heavy atom. The lowest BCUT2D eigenvalue weighted by Crippen LogP contribution is -2.37. The van der Waals surface area contributed by atoms with Gasteiger partial charge < -0.3 is 14.3 Å². The van der Waals surface area contributed by atoms with Gasteiger partial charge in [-0.05, 0) is 25.0 Å². The van der Waals surface area contributed by atoms with Gasteiger partial charge in [0.25, 0.3) is 12.1 Å². The molecule has 0 spiro atoms. The number of rotatable bonds is 2. The van der Waals surface area contributed by atoms with Crippen LogP contribution in [-0.2, 0) is 26.2 Å². The Morgan fingerprint density at radius 3 is 1.40 bits per heavy atom. The molecular formula is C35H21N7O4S4. The number of thiophene rings is 4. The minimum Gasteiger partial charge on any atom is -0.340 e. The van der Waals surface area contributed by atoms with E-state index < -0.39 is 47.6 Å². The first-order chi connectivity index (χ1) is 24.1. The Morgan fingerprint density at radius 2 is 1.04 bits per heavy atom. The smallest absolute Gasteiger partial charge is 0.297 e. The molecule has 15 heteroatoms. The number of fused-ring (bicyclic) bond motifs is 9. The lowest BCUT2D eigenvalue weighted by molar-refractivity contribution is -0.121. The molecule has 9 rings (SSSR count). The number of aromatic nitrogens is 1. The molecule has 50 heavy (non-hydrogen) atoms. The highest BCUT2D eigenvalue weighted by atomic mass is 32.1. The van der Waals surface area contributed by atoms with Gasteiger partial charge in [-0.15, -0.1) is 45.3 Å². The van der Waals surface area contributed by atoms with Gasteiger partial charge in [0, 0.05) is 43.6 Å². The summed E-state index contributed by atoms with van der Waals surface area (Å²) >= 11 is 6.07. The molecule has 4 fully saturated rings. The maximum Gasteiger partial charge on any atom is 0.297 e. The first kappa shape index (κ1) is 31.1. The summed E-state index contributed by atoms with van der Waals surface area (Å²) in [6.07, 6.45) is 0.844. The van der Waals surface area contributed by atoms with Gasteiger partial charge in [0.2, 0.25) is 0 Å². The highest BCUT2D eigenvalue weighted by molar-refractivity contribution is 7.39. The zero-order valence-corrected chi connectivity index (χ0v) is 29.3. The monoisotopic (exact) mass is 731 g/mol. The zero-order chi connectivity index (χ0) is 34.7. The second-order valence-electron chi connectivity index (χ2n) is 13.3. The van der Waals surface area contributed by atoms with E-state index in [1.54, 1.807) is 22.7 Å². The first-order valence-corrected chi connectivity index (χ1v) is 19.2. The molecule has 244 valence electrons. The fourth-order valence-corrected chi connectivity index (χ4v) is 13.6. The van der Waals surface area contributed by atoms with Gasteiger partial charge in [0.05, 0.1) is 63.2 Å². The van der Waals surface area contributed by atoms with Crippen LogP contribution in [0.15, 0.2) is 22.1 Å². The van der Waals surface area contributed by atoms with Crippen LogP contribution in [0.1, 0.15) is 25.7 Å². The summed E-state index contributed by atoms with van der Waals surface area (Å²) in [5, 5.41) is 20.1. The van der Waals surface area contributed by atoms with E-state index in [2.05, 4.69) is 36.4 Å². The number of carbonyl (C=O) groups is 4. The summed E-state index contributed by atoms with van der Waals surface area (Å²) in [6, 6.07) is 6.93. The molecule has 8 atom stereocenters. The van der Waals surface area contributed by atoms with E-state index in [4.69, 9.17) is 13.1 Å². The Hall–Kier alpha value is -4.90. The minimum absolute atomic E-state index is 0.0740. The predicted molar refractivity (Wildman–Crippen MR) is 193 cm³/mol. The molecule has 0 radical (unpaired) electrons. The predicted octanol–water partition coefficient (Wildman–Crippen LogP) is 7.24. The average Bonchev–Trinajstić information content (AvgIpc) is 3.96. The van der Waals surface area contributed by atoms with Crippen molar-refractivity contribution >= 4 is 129 Å². The molecular weight excluding hydrogens is 711 g/mol. The molecule has 8 unspecified atom stereocenters. The van der Waals surface area contributed by atoms with Crippen molar-refractivity contribution in [3.63, 3.8) is 0 Å². The molecule has 5 heterocycles. The van der Waals surface area contributed by atoms with E-state index in [1.165, 1.54) is 22.7 Å². The lowest BCUT2D eigenvalue weighted by atomic mass is 9.70. The molecule has 4 aliphatic rings. The van der Waals surface area contributed by atoms with Crippen molar-refractivity contribution in [2.24, 2.45) is 52.5 Å². The normalized spacial score (nSPS) is 29.4. The molecule has 0 aliphatic heterocycles. The molecule has 0 aromatic carbocycles. The van der Waals surface area contributed by atoms with Crippen LogP contribution in [0.3, 0.4) is 0 Å². The summed E-state index contributed by atoms with van der Waals surface area (Å²) in [5.74, 6) is -4.84. The van der Waals surface area contributed by atoms with Crippen molar-refractivity contribution in [1.29, 1.82) is 10.5 Å². The van der Waals surface area contributed by atoms with Crippen molar-refractivity contribution in [3.05, 3.63) is 35.0 Å². The van der Waals surface area contributed by atoms with Gasteiger partial charge >= 0.3 is 0 Å². The standard InChI is InChI=1S/C35H21N7O4S4/c1-38-18-6-16-17(7-19(18)39-2)31(46)25(30(16)45)41-23-9-21-33(50-23)27-35(48-21)34-26(42(27)3)32-20(47-34)8-22(49-32)40-24-28(43)14-4-12(10-36)13(11-37)5-15(14)29(24)44/h8-9,12-19H,4-7H2,3H3. The topological polar surface area (TPSA) is 154 Å². The number of nitrogens with zero attached hydrogens (tertiary/aromatic N) is 7. The maximum absolute atomic E-state index is 13.3. The fourth-order valence-electron chi connectivity index (χ4n) is 8.34. The summed E-state index contributed by atoms with van der Waals surface area (Å²) in [7, 11) is 1.99. The van der Waals surface area contributed by atoms with Gasteiger partial charge in [-0.2, -0.15) is 10.5 Å². The number of hydrogen-bond acceptors (Lipinski definition) is 12. The molecule has 11 nitrogen and oxygen atoms in total. The third-order valence-electron chi connectivity index (χ3n) is 10.8. The van der Waals surface area contributed by atoms with Gasteiger partial charge in [-0.25, -0.2) is 23.1 Å². The quantitative estimate of drug-likeness (QED) is 0.174. The van der Waals surface area contributed by atoms with Crippen LogP contribution in [0.25, 0.3) is 48.9 Å². The van der Waals surface area contributed by atoms with Crippen molar-refractivity contribution in [1.82, 2.24) is 4.57 Å². The van der Waals surface area contributed by atoms with Gasteiger partial charge in [-0.3, -0.25) is 19.2 Å². The van der Waals surface area contributed by atoms with Crippen LogP contribution in [0.5, 0.6) is 0 Å². The van der Waals surface area contributed by atoms with E-state index in [9.17, 15) is 29.7 Å². The number of aliphatic imine (C=N–C) groups is 2. The van der Waals surface area contributed by atoms with E-state index in [-0.39, 0.29) is 60.2 Å². The fraction of sp³-hybridized carbons (Fsp3) is 0.371. The maximum atomic E-state index is 13.3. The third-order valence-corrected chi connectivity index (χ3v) is 15.6. The van der Waals surface area contributed by atoms with E-state index in [0.29, 0.717) is 10.0 Å². The van der Waals surface area contributed by atoms with Gasteiger partial charge in [-0.1, -0.05) is 0 Å². The van der Waals surface area contributed by atoms with Crippen LogP contribution in [0.2, 0.25) is 0 Å². The third kappa shape index (κ3) is 4.19. The summed E-state index contributed by atoms with van der Waals surface area (Å²) < 4.78 is 8.33.